The Morgan fingerprint density at radius 1 is 1.17 bits per heavy atom. The minimum absolute atomic E-state index is 0.0851. The molecular weight excluding hydrogens is 401 g/mol. The first-order chi connectivity index (χ1) is 13.7. The molecule has 1 fully saturated rings. The van der Waals surface area contributed by atoms with Gasteiger partial charge in [-0.25, -0.2) is 17.6 Å². The van der Waals surface area contributed by atoms with Crippen LogP contribution in [0.15, 0.2) is 42.5 Å². The van der Waals surface area contributed by atoms with E-state index < -0.39 is 33.1 Å². The minimum Gasteiger partial charge on any atom is -0.465 e. The van der Waals surface area contributed by atoms with E-state index in [4.69, 9.17) is 5.11 Å². The number of hydrogen-bond donors (Lipinski definition) is 3. The predicted molar refractivity (Wildman–Crippen MR) is 104 cm³/mol. The third-order valence-electron chi connectivity index (χ3n) is 4.77. The molecule has 1 saturated heterocycles. The van der Waals surface area contributed by atoms with Crippen molar-refractivity contribution in [2.24, 2.45) is 0 Å². The number of nitrogens with zero attached hydrogens (tertiary/aromatic N) is 1. The van der Waals surface area contributed by atoms with E-state index in [9.17, 15) is 22.4 Å². The average Bonchev–Trinajstić information content (AvgIpc) is 3.20. The van der Waals surface area contributed by atoms with Crippen LogP contribution in [0.1, 0.15) is 22.3 Å². The monoisotopic (exact) mass is 421 g/mol. The highest BCUT2D eigenvalue weighted by Crippen LogP contribution is 2.25. The summed E-state index contributed by atoms with van der Waals surface area (Å²) in [5, 5.41) is 7.94. The molecule has 3 N–H and O–H groups in total. The van der Waals surface area contributed by atoms with Crippen LogP contribution in [0, 0.1) is 12.7 Å². The van der Waals surface area contributed by atoms with Crippen molar-refractivity contribution in [3.8, 4) is 11.1 Å². The standard InChI is InChI=1S/C19H20FN3O5S/c1-12-9-14(13-5-3-2-4-6-13)10-16(17(12)20)18(24)21-22-29(27,28)15-7-8-23(11-15)19(25)26/h2-6,9-10,15,22H,7-8,11H2,1H3,(H,21,24)(H,25,26). The fourth-order valence-electron chi connectivity index (χ4n) is 3.16. The van der Waals surface area contributed by atoms with Crippen LogP contribution in [0.4, 0.5) is 9.18 Å². The lowest BCUT2D eigenvalue weighted by Gasteiger charge is -2.15. The molecule has 0 spiro atoms. The van der Waals surface area contributed by atoms with Gasteiger partial charge >= 0.3 is 6.09 Å². The molecule has 1 aliphatic heterocycles. The Balaban J connectivity index is 1.76. The minimum atomic E-state index is -4.02. The van der Waals surface area contributed by atoms with Crippen LogP contribution < -0.4 is 10.3 Å². The molecule has 154 valence electrons. The summed E-state index contributed by atoms with van der Waals surface area (Å²) in [4.78, 5) is 26.3. The largest absolute Gasteiger partial charge is 0.465 e. The van der Waals surface area contributed by atoms with Crippen molar-refractivity contribution in [3.05, 3.63) is 59.4 Å². The molecule has 1 atom stereocenters. The number of amides is 2. The van der Waals surface area contributed by atoms with Gasteiger partial charge in [-0.05, 0) is 42.2 Å². The van der Waals surface area contributed by atoms with Gasteiger partial charge in [-0.3, -0.25) is 10.2 Å². The van der Waals surface area contributed by atoms with E-state index in [1.165, 1.54) is 13.0 Å². The van der Waals surface area contributed by atoms with Gasteiger partial charge in [-0.1, -0.05) is 30.3 Å². The Morgan fingerprint density at radius 3 is 2.48 bits per heavy atom. The summed E-state index contributed by atoms with van der Waals surface area (Å²) in [7, 11) is -4.02. The van der Waals surface area contributed by atoms with Gasteiger partial charge in [0.25, 0.3) is 5.91 Å². The second kappa shape index (κ2) is 8.18. The van der Waals surface area contributed by atoms with E-state index in [0.717, 1.165) is 10.5 Å². The van der Waals surface area contributed by atoms with E-state index in [1.807, 2.05) is 40.6 Å². The number of rotatable bonds is 5. The molecule has 2 amide bonds. The van der Waals surface area contributed by atoms with Gasteiger partial charge in [0.1, 0.15) is 5.82 Å². The first kappa shape index (κ1) is 20.7. The zero-order valence-corrected chi connectivity index (χ0v) is 16.4. The Morgan fingerprint density at radius 2 is 1.86 bits per heavy atom. The fourth-order valence-corrected chi connectivity index (χ4v) is 4.35. The quantitative estimate of drug-likeness (QED) is 0.640. The molecule has 0 radical (unpaired) electrons. The number of benzene rings is 2. The number of sulfonamides is 1. The lowest BCUT2D eigenvalue weighted by molar-refractivity contribution is 0.0940. The number of nitrogens with one attached hydrogen (secondary N) is 2. The van der Waals surface area contributed by atoms with E-state index in [1.54, 1.807) is 6.07 Å². The normalized spacial score (nSPS) is 16.6. The van der Waals surface area contributed by atoms with Gasteiger partial charge in [0.15, 0.2) is 0 Å². The highest BCUT2D eigenvalue weighted by Gasteiger charge is 2.35. The molecule has 10 heteroatoms. The second-order valence-electron chi connectivity index (χ2n) is 6.76. The van der Waals surface area contributed by atoms with Crippen LogP contribution in [0.25, 0.3) is 11.1 Å². The third-order valence-corrected chi connectivity index (χ3v) is 6.42. The Labute approximate surface area is 167 Å². The summed E-state index contributed by atoms with van der Waals surface area (Å²) in [6.07, 6.45) is -1.10. The molecule has 2 aromatic carbocycles. The van der Waals surface area contributed by atoms with Crippen molar-refractivity contribution < 1.29 is 27.5 Å². The zero-order chi connectivity index (χ0) is 21.2. The van der Waals surface area contributed by atoms with Gasteiger partial charge in [0.2, 0.25) is 10.0 Å². The van der Waals surface area contributed by atoms with Gasteiger partial charge in [-0.15, -0.1) is 4.83 Å². The lowest BCUT2D eigenvalue weighted by Crippen LogP contribution is -2.47. The highest BCUT2D eigenvalue weighted by atomic mass is 32.2. The molecular formula is C19H20FN3O5S. The molecule has 1 heterocycles. The third kappa shape index (κ3) is 4.54. The number of aryl methyl sites for hydroxylation is 1. The summed E-state index contributed by atoms with van der Waals surface area (Å²) in [5.41, 5.74) is 3.36. The van der Waals surface area contributed by atoms with Crippen LogP contribution in [0.3, 0.4) is 0 Å². The van der Waals surface area contributed by atoms with Crippen LogP contribution in [-0.2, 0) is 10.0 Å². The topological polar surface area (TPSA) is 116 Å². The average molecular weight is 421 g/mol. The first-order valence-corrected chi connectivity index (χ1v) is 10.4. The second-order valence-corrected chi connectivity index (χ2v) is 8.72. The molecule has 3 rings (SSSR count). The van der Waals surface area contributed by atoms with Crippen molar-refractivity contribution in [1.29, 1.82) is 0 Å². The fraction of sp³-hybridized carbons (Fsp3) is 0.263. The highest BCUT2D eigenvalue weighted by molar-refractivity contribution is 7.90. The maximum Gasteiger partial charge on any atom is 0.407 e. The molecule has 1 unspecified atom stereocenters. The smallest absolute Gasteiger partial charge is 0.407 e. The number of hydrazine groups is 1. The van der Waals surface area contributed by atoms with Gasteiger partial charge in [0.05, 0.1) is 10.8 Å². The molecule has 0 saturated carbocycles. The summed E-state index contributed by atoms with van der Waals surface area (Å²) in [6, 6.07) is 12.0. The SMILES string of the molecule is Cc1cc(-c2ccccc2)cc(C(=O)NNS(=O)(=O)C2CCN(C(=O)O)C2)c1F. The van der Waals surface area contributed by atoms with Gasteiger partial charge in [-0.2, -0.15) is 0 Å². The first-order valence-electron chi connectivity index (χ1n) is 8.83. The number of halogens is 1. The van der Waals surface area contributed by atoms with Crippen LogP contribution in [0.5, 0.6) is 0 Å². The lowest BCUT2D eigenvalue weighted by atomic mass is 9.99. The number of carbonyl (C=O) groups is 2. The molecule has 1 aliphatic rings. The molecule has 0 aromatic heterocycles. The number of hydrogen-bond acceptors (Lipinski definition) is 4. The summed E-state index contributed by atoms with van der Waals surface area (Å²) < 4.78 is 39.2. The summed E-state index contributed by atoms with van der Waals surface area (Å²) in [6.45, 7) is 1.40. The van der Waals surface area contributed by atoms with Gasteiger partial charge < -0.3 is 10.0 Å². The molecule has 0 aliphatic carbocycles. The maximum absolute atomic E-state index is 14.5. The van der Waals surface area contributed by atoms with Crippen molar-refractivity contribution in [1.82, 2.24) is 15.2 Å². The molecule has 2 aromatic rings. The molecule has 8 nitrogen and oxygen atoms in total. The van der Waals surface area contributed by atoms with Crippen molar-refractivity contribution in [2.75, 3.05) is 13.1 Å². The van der Waals surface area contributed by atoms with Gasteiger partial charge in [0, 0.05) is 13.1 Å². The number of carboxylic acid groups (broad SMARTS) is 1. The van der Waals surface area contributed by atoms with E-state index in [2.05, 4.69) is 0 Å². The van der Waals surface area contributed by atoms with Crippen LogP contribution in [-0.4, -0.2) is 48.8 Å². The van der Waals surface area contributed by atoms with E-state index in [0.29, 0.717) is 5.56 Å². The summed E-state index contributed by atoms with van der Waals surface area (Å²) >= 11 is 0. The molecule has 29 heavy (non-hydrogen) atoms. The van der Waals surface area contributed by atoms with Crippen LogP contribution in [0.2, 0.25) is 0 Å². The number of likely N-dealkylation sites (tertiary alicyclic amines) is 1. The number of carbonyl (C=O) groups excluding carboxylic acids is 1. The maximum atomic E-state index is 14.5. The van der Waals surface area contributed by atoms with Crippen molar-refractivity contribution >= 4 is 22.0 Å². The molecule has 0 bridgehead atoms. The van der Waals surface area contributed by atoms with E-state index >= 15 is 0 Å². The zero-order valence-electron chi connectivity index (χ0n) is 15.6. The Hall–Kier alpha value is -2.98. The van der Waals surface area contributed by atoms with Crippen LogP contribution >= 0.6 is 0 Å². The van der Waals surface area contributed by atoms with Crippen molar-refractivity contribution in [2.45, 2.75) is 18.6 Å². The Bertz CT molecular complexity index is 1040. The predicted octanol–water partition coefficient (Wildman–Crippen LogP) is 2.12. The van der Waals surface area contributed by atoms with E-state index in [-0.39, 0.29) is 30.6 Å². The summed E-state index contributed by atoms with van der Waals surface area (Å²) in [5.74, 6) is -1.70. The van der Waals surface area contributed by atoms with Crippen molar-refractivity contribution in [3.63, 3.8) is 0 Å². The Kier molecular flexibility index (Phi) is 5.85.